The van der Waals surface area contributed by atoms with Gasteiger partial charge in [0.25, 0.3) is 5.78 Å². The number of fused-ring (bicyclic) bond motifs is 1. The summed E-state index contributed by atoms with van der Waals surface area (Å²) in [5.74, 6) is -0.266. The maximum absolute atomic E-state index is 13.6. The predicted octanol–water partition coefficient (Wildman–Crippen LogP) is 5.65. The average Bonchev–Trinajstić information content (AvgIpc) is 3.46. The van der Waals surface area contributed by atoms with Gasteiger partial charge in [0.2, 0.25) is 0 Å². The van der Waals surface area contributed by atoms with E-state index in [1.807, 2.05) is 44.2 Å². The average molecular weight is 531 g/mol. The first-order valence-corrected chi connectivity index (χ1v) is 12.8. The van der Waals surface area contributed by atoms with Gasteiger partial charge in [-0.1, -0.05) is 41.2 Å². The molecule has 0 unspecified atom stereocenters. The Labute approximate surface area is 223 Å². The Morgan fingerprint density at radius 2 is 1.74 bits per heavy atom. The molecule has 5 rings (SSSR count). The molecule has 1 aliphatic rings. The number of nitrogens with zero attached hydrogens (tertiary/aromatic N) is 2. The number of benzene rings is 3. The fourth-order valence-corrected chi connectivity index (χ4v) is 5.52. The van der Waals surface area contributed by atoms with Crippen LogP contribution in [0.2, 0.25) is 0 Å². The zero-order valence-corrected chi connectivity index (χ0v) is 22.2. The summed E-state index contributed by atoms with van der Waals surface area (Å²) >= 11 is 1.26. The van der Waals surface area contributed by atoms with Gasteiger partial charge in [0.1, 0.15) is 29.0 Å². The Morgan fingerprint density at radius 3 is 2.42 bits per heavy atom. The Balaban J connectivity index is 1.75. The molecule has 0 bridgehead atoms. The van der Waals surface area contributed by atoms with Crippen molar-refractivity contribution in [3.05, 3.63) is 82.9 Å². The third kappa shape index (κ3) is 4.35. The van der Waals surface area contributed by atoms with Crippen LogP contribution in [-0.4, -0.2) is 42.6 Å². The van der Waals surface area contributed by atoms with Gasteiger partial charge < -0.3 is 19.3 Å². The maximum atomic E-state index is 13.6. The number of rotatable bonds is 7. The molecule has 38 heavy (non-hydrogen) atoms. The number of Topliss-reactive ketones (excluding diaryl/α,β-unsaturated/α-hetero) is 1. The molecule has 1 fully saturated rings. The fraction of sp³-hybridized carbons (Fsp3) is 0.207. The van der Waals surface area contributed by atoms with Crippen molar-refractivity contribution in [2.24, 2.45) is 0 Å². The normalized spacial score (nSPS) is 16.7. The molecule has 194 valence electrons. The molecule has 3 aromatic carbocycles. The predicted molar refractivity (Wildman–Crippen MR) is 146 cm³/mol. The molecule has 2 heterocycles. The van der Waals surface area contributed by atoms with Crippen molar-refractivity contribution in [3.8, 4) is 17.2 Å². The molecule has 9 heteroatoms. The van der Waals surface area contributed by atoms with Gasteiger partial charge in [-0.05, 0) is 50.2 Å². The van der Waals surface area contributed by atoms with Crippen molar-refractivity contribution in [1.29, 1.82) is 0 Å². The van der Waals surface area contributed by atoms with E-state index < -0.39 is 17.7 Å². The van der Waals surface area contributed by atoms with Crippen molar-refractivity contribution in [2.45, 2.75) is 19.9 Å². The second-order valence-electron chi connectivity index (χ2n) is 8.70. The number of methoxy groups -OCH3 is 2. The molecule has 0 aliphatic carbocycles. The van der Waals surface area contributed by atoms with Gasteiger partial charge in [0, 0.05) is 11.1 Å². The van der Waals surface area contributed by atoms with E-state index in [-0.39, 0.29) is 11.3 Å². The van der Waals surface area contributed by atoms with Gasteiger partial charge in [-0.3, -0.25) is 14.5 Å². The first-order valence-electron chi connectivity index (χ1n) is 12.0. The Bertz CT molecular complexity index is 1570. The van der Waals surface area contributed by atoms with Crippen LogP contribution in [0.15, 0.2) is 66.2 Å². The summed E-state index contributed by atoms with van der Waals surface area (Å²) in [5, 5.41) is 11.7. The number of carbonyl (C=O) groups is 2. The number of hydrogen-bond acceptors (Lipinski definition) is 8. The number of aryl methyl sites for hydroxylation is 1. The number of aliphatic hydroxyl groups is 1. The molecule has 1 amide bonds. The first-order chi connectivity index (χ1) is 18.4. The summed E-state index contributed by atoms with van der Waals surface area (Å²) in [4.78, 5) is 33.1. The summed E-state index contributed by atoms with van der Waals surface area (Å²) in [7, 11) is 3.03. The van der Waals surface area contributed by atoms with E-state index in [0.717, 1.165) is 10.3 Å². The number of ether oxygens (including phenoxy) is 3. The molecular formula is C29H26N2O6S. The zero-order valence-electron chi connectivity index (χ0n) is 21.3. The highest BCUT2D eigenvalue weighted by atomic mass is 32.1. The van der Waals surface area contributed by atoms with Crippen LogP contribution < -0.4 is 19.1 Å². The third-order valence-electron chi connectivity index (χ3n) is 6.37. The van der Waals surface area contributed by atoms with Crippen LogP contribution in [-0.2, 0) is 9.59 Å². The van der Waals surface area contributed by atoms with Crippen LogP contribution in [0.3, 0.4) is 0 Å². The van der Waals surface area contributed by atoms with E-state index in [1.165, 1.54) is 30.5 Å². The number of aliphatic hydroxyl groups excluding tert-OH is 1. The van der Waals surface area contributed by atoms with Gasteiger partial charge in [0.15, 0.2) is 5.13 Å². The van der Waals surface area contributed by atoms with E-state index in [9.17, 15) is 14.7 Å². The number of aromatic nitrogens is 1. The Hall–Kier alpha value is -4.37. The molecule has 8 nitrogen and oxygen atoms in total. The molecular weight excluding hydrogens is 504 g/mol. The lowest BCUT2D eigenvalue weighted by Gasteiger charge is -2.25. The summed E-state index contributed by atoms with van der Waals surface area (Å²) in [6.07, 6.45) is 0. The number of ketones is 1. The molecule has 1 saturated heterocycles. The van der Waals surface area contributed by atoms with Crippen LogP contribution in [0.5, 0.6) is 17.2 Å². The summed E-state index contributed by atoms with van der Waals surface area (Å²) in [5.41, 5.74) is 2.50. The largest absolute Gasteiger partial charge is 0.507 e. The molecule has 0 saturated carbocycles. The van der Waals surface area contributed by atoms with Gasteiger partial charge in [0.05, 0.1) is 36.6 Å². The van der Waals surface area contributed by atoms with E-state index in [0.29, 0.717) is 45.6 Å². The Kier molecular flexibility index (Phi) is 6.77. The minimum Gasteiger partial charge on any atom is -0.507 e. The number of carbonyl (C=O) groups excluding carboxylic acids is 2. The van der Waals surface area contributed by atoms with Crippen molar-refractivity contribution in [1.82, 2.24) is 4.98 Å². The molecule has 4 aromatic rings. The van der Waals surface area contributed by atoms with Crippen LogP contribution in [0.1, 0.15) is 29.7 Å². The summed E-state index contributed by atoms with van der Waals surface area (Å²) < 4.78 is 17.5. The van der Waals surface area contributed by atoms with E-state index in [2.05, 4.69) is 4.98 Å². The third-order valence-corrected chi connectivity index (χ3v) is 7.38. The number of hydrogen-bond donors (Lipinski definition) is 1. The highest BCUT2D eigenvalue weighted by Gasteiger charge is 2.49. The van der Waals surface area contributed by atoms with E-state index >= 15 is 0 Å². The number of anilines is 1. The summed E-state index contributed by atoms with van der Waals surface area (Å²) in [6.45, 7) is 4.34. The lowest BCUT2D eigenvalue weighted by molar-refractivity contribution is -0.132. The summed E-state index contributed by atoms with van der Waals surface area (Å²) in [6, 6.07) is 16.7. The molecule has 1 N–H and O–H groups in total. The first kappa shape index (κ1) is 25.3. The van der Waals surface area contributed by atoms with Crippen molar-refractivity contribution in [2.75, 3.05) is 25.7 Å². The molecule has 1 atom stereocenters. The fourth-order valence-electron chi connectivity index (χ4n) is 4.50. The molecule has 1 aliphatic heterocycles. The number of thiazole rings is 1. The van der Waals surface area contributed by atoms with Crippen LogP contribution in [0.4, 0.5) is 5.13 Å². The number of amides is 1. The van der Waals surface area contributed by atoms with Gasteiger partial charge in [-0.15, -0.1) is 0 Å². The standard InChI is InChI=1S/C29H26N2O6S/c1-5-37-19-10-12-21-23(15-19)38-29(30-21)31-25(20-14-18(35-3)11-13-22(20)36-4)24(27(33)28(31)34)26(32)17-8-6-16(2)7-9-17/h6-15,25,32H,5H2,1-4H3/b26-24+/t25-/m0/s1. The Morgan fingerprint density at radius 1 is 1.00 bits per heavy atom. The molecule has 1 aromatic heterocycles. The minimum atomic E-state index is -1.01. The van der Waals surface area contributed by atoms with E-state index in [4.69, 9.17) is 14.2 Å². The highest BCUT2D eigenvalue weighted by molar-refractivity contribution is 7.22. The second kappa shape index (κ2) is 10.2. The SMILES string of the molecule is CCOc1ccc2nc(N3C(=O)C(=O)/C(=C(/O)c4ccc(C)cc4)[C@@H]3c3cc(OC)ccc3OC)sc2c1. The van der Waals surface area contributed by atoms with Crippen LogP contribution in [0, 0.1) is 6.92 Å². The zero-order chi connectivity index (χ0) is 27.0. The topological polar surface area (TPSA) is 98.2 Å². The quantitative estimate of drug-likeness (QED) is 0.187. The van der Waals surface area contributed by atoms with Gasteiger partial charge in [-0.2, -0.15) is 0 Å². The van der Waals surface area contributed by atoms with Gasteiger partial charge >= 0.3 is 5.91 Å². The highest BCUT2D eigenvalue weighted by Crippen LogP contribution is 2.47. The van der Waals surface area contributed by atoms with E-state index in [1.54, 1.807) is 30.3 Å². The maximum Gasteiger partial charge on any atom is 0.301 e. The monoisotopic (exact) mass is 530 g/mol. The molecule has 0 spiro atoms. The van der Waals surface area contributed by atoms with Crippen molar-refractivity contribution >= 4 is 44.1 Å². The molecule has 0 radical (unpaired) electrons. The van der Waals surface area contributed by atoms with Crippen LogP contribution in [0.25, 0.3) is 16.0 Å². The smallest absolute Gasteiger partial charge is 0.301 e. The lowest BCUT2D eigenvalue weighted by Crippen LogP contribution is -2.29. The van der Waals surface area contributed by atoms with Crippen molar-refractivity contribution < 1.29 is 28.9 Å². The van der Waals surface area contributed by atoms with Crippen LogP contribution >= 0.6 is 11.3 Å². The van der Waals surface area contributed by atoms with Gasteiger partial charge in [-0.25, -0.2) is 4.98 Å². The second-order valence-corrected chi connectivity index (χ2v) is 9.71. The lowest BCUT2D eigenvalue weighted by atomic mass is 9.94. The minimum absolute atomic E-state index is 0.0559. The van der Waals surface area contributed by atoms with Crippen molar-refractivity contribution in [3.63, 3.8) is 0 Å².